The van der Waals surface area contributed by atoms with Crippen LogP contribution in [0.3, 0.4) is 0 Å². The van der Waals surface area contributed by atoms with Crippen LogP contribution in [0, 0.1) is 20.8 Å². The van der Waals surface area contributed by atoms with Crippen LogP contribution in [0.5, 0.6) is 0 Å². The van der Waals surface area contributed by atoms with Gasteiger partial charge in [0.15, 0.2) is 0 Å². The first-order chi connectivity index (χ1) is 18.9. The van der Waals surface area contributed by atoms with Crippen LogP contribution in [0.15, 0.2) is 35.4 Å². The molecular weight excluding hydrogens is 472 g/mol. The molecule has 212 valence electrons. The van der Waals surface area contributed by atoms with E-state index in [1.807, 2.05) is 0 Å². The molecule has 0 N–H and O–H groups in total. The lowest BCUT2D eigenvalue weighted by Crippen LogP contribution is -2.07. The highest BCUT2D eigenvalue weighted by molar-refractivity contribution is 5.88. The first-order valence-corrected chi connectivity index (χ1v) is 15.8. The Morgan fingerprint density at radius 3 is 1.64 bits per heavy atom. The topological polar surface area (TPSA) is 36.4 Å². The molecule has 39 heavy (non-hydrogen) atoms. The van der Waals surface area contributed by atoms with Crippen molar-refractivity contribution in [1.29, 1.82) is 0 Å². The maximum Gasteiger partial charge on any atom is 0.303 e. The summed E-state index contributed by atoms with van der Waals surface area (Å²) >= 11 is 0. The average Bonchev–Trinajstić information content (AvgIpc) is 2.93. The predicted molar refractivity (Wildman–Crippen MR) is 171 cm³/mol. The van der Waals surface area contributed by atoms with Crippen LogP contribution in [0.2, 0.25) is 0 Å². The normalized spacial score (nSPS) is 11.7. The van der Waals surface area contributed by atoms with Crippen LogP contribution in [0.25, 0.3) is 11.1 Å². The fourth-order valence-electron chi connectivity index (χ4n) is 5.72. The van der Waals surface area contributed by atoms with Crippen molar-refractivity contribution in [1.82, 2.24) is 0 Å². The Bertz CT molecular complexity index is 1150. The fourth-order valence-corrected chi connectivity index (χ4v) is 5.72. The third-order valence-corrected chi connectivity index (χ3v) is 8.30. The monoisotopic (exact) mass is 526 g/mol. The minimum atomic E-state index is 0.870. The summed E-state index contributed by atoms with van der Waals surface area (Å²) in [7, 11) is 0. The minimum absolute atomic E-state index is 0.870. The summed E-state index contributed by atoms with van der Waals surface area (Å²) in [6.45, 7) is 18.0. The van der Waals surface area contributed by atoms with E-state index in [1.165, 1.54) is 95.0 Å². The number of allylic oxidation sites excluding steroid dienone is 2. The van der Waals surface area contributed by atoms with Gasteiger partial charge in [0.1, 0.15) is 0 Å². The summed E-state index contributed by atoms with van der Waals surface area (Å²) < 4.78 is 0. The Kier molecular flexibility index (Phi) is 14.3. The van der Waals surface area contributed by atoms with Crippen LogP contribution in [-0.2, 0) is 19.3 Å². The van der Waals surface area contributed by atoms with Gasteiger partial charge in [-0.25, -0.2) is 0 Å². The summed E-state index contributed by atoms with van der Waals surface area (Å²) in [5, 5.41) is 0. The third kappa shape index (κ3) is 8.93. The van der Waals surface area contributed by atoms with Gasteiger partial charge in [0, 0.05) is 0 Å². The van der Waals surface area contributed by atoms with Gasteiger partial charge in [-0.2, -0.15) is 0 Å². The number of unbranched alkanes of at least 4 members (excludes halogenated alkanes) is 4. The van der Waals surface area contributed by atoms with Crippen molar-refractivity contribution in [2.24, 2.45) is 0 Å². The minimum Gasteiger partial charge on any atom is -0.348 e. The molecule has 0 saturated heterocycles. The number of aryl methyl sites for hydroxylation is 4. The average molecular weight is 527 g/mol. The fraction of sp³-hybridized carbons (Fsp3) is 0.568. The quantitative estimate of drug-likeness (QED) is 0.0902. The van der Waals surface area contributed by atoms with Gasteiger partial charge >= 0.3 is 5.87 Å². The second-order valence-electron chi connectivity index (χ2n) is 11.3. The molecule has 0 unspecified atom stereocenters. The summed E-state index contributed by atoms with van der Waals surface area (Å²) in [5.74, 6) is 3.01. The van der Waals surface area contributed by atoms with Gasteiger partial charge < -0.3 is 5.53 Å². The summed E-state index contributed by atoms with van der Waals surface area (Å²) in [4.78, 5) is 3.42. The highest BCUT2D eigenvalue weighted by Crippen LogP contribution is 2.37. The van der Waals surface area contributed by atoms with E-state index >= 15 is 0 Å². The van der Waals surface area contributed by atoms with Gasteiger partial charge in [0.25, 0.3) is 0 Å². The van der Waals surface area contributed by atoms with Crippen LogP contribution >= 0.6 is 0 Å². The number of rotatable bonds is 16. The van der Waals surface area contributed by atoms with Crippen LogP contribution < -0.4 is 0 Å². The molecule has 2 aromatic carbocycles. The standard InChI is InChI=1S/C37H54N2/c1-9-14-18-30-24-34(25-31(19-15-10-2)36(30)21-17-12-4)37(33-22-27(6)29(8)28(7)23-33)35(13-5)32(26-39-38)20-16-11-3/h22-25H,9-21H2,1-8H3. The molecule has 0 atom stereocenters. The van der Waals surface area contributed by atoms with Gasteiger partial charge in [-0.3, -0.25) is 0 Å². The molecule has 0 bridgehead atoms. The number of hydrogen-bond donors (Lipinski definition) is 0. The van der Waals surface area contributed by atoms with Gasteiger partial charge in [-0.05, 0) is 134 Å². The molecule has 0 amide bonds. The molecule has 0 aromatic heterocycles. The highest BCUT2D eigenvalue weighted by Gasteiger charge is 2.20. The lowest BCUT2D eigenvalue weighted by Gasteiger charge is -2.22. The summed E-state index contributed by atoms with van der Waals surface area (Å²) in [6, 6.07) is 9.75. The van der Waals surface area contributed by atoms with E-state index in [0.717, 1.165) is 44.1 Å². The third-order valence-electron chi connectivity index (χ3n) is 8.30. The van der Waals surface area contributed by atoms with E-state index in [4.69, 9.17) is 0 Å². The molecule has 2 aromatic rings. The maximum atomic E-state index is 9.60. The second-order valence-corrected chi connectivity index (χ2v) is 11.3. The summed E-state index contributed by atoms with van der Waals surface area (Å²) in [5.41, 5.74) is 24.5. The Morgan fingerprint density at radius 1 is 0.692 bits per heavy atom. The predicted octanol–water partition coefficient (Wildman–Crippen LogP) is 10.9. The van der Waals surface area contributed by atoms with E-state index in [2.05, 4.69) is 90.3 Å². The van der Waals surface area contributed by atoms with E-state index in [9.17, 15) is 5.53 Å². The Hall–Kier alpha value is -2.66. The molecule has 0 saturated carbocycles. The molecule has 0 spiro atoms. The van der Waals surface area contributed by atoms with Crippen molar-refractivity contribution in [3.05, 3.63) is 85.5 Å². The molecule has 0 radical (unpaired) electrons. The van der Waals surface area contributed by atoms with E-state index in [-0.39, 0.29) is 0 Å². The zero-order valence-electron chi connectivity index (χ0n) is 26.4. The van der Waals surface area contributed by atoms with Crippen molar-refractivity contribution in [2.45, 2.75) is 139 Å². The maximum absolute atomic E-state index is 9.60. The Balaban J connectivity index is 3.03. The molecule has 2 nitrogen and oxygen atoms in total. The van der Waals surface area contributed by atoms with E-state index in [0.29, 0.717) is 0 Å². The zero-order chi connectivity index (χ0) is 28.8. The van der Waals surface area contributed by atoms with E-state index in [1.54, 1.807) is 5.56 Å². The molecule has 2 rings (SSSR count). The van der Waals surface area contributed by atoms with E-state index < -0.39 is 0 Å². The lowest BCUT2D eigenvalue weighted by molar-refractivity contribution is 0.00740. The van der Waals surface area contributed by atoms with Crippen LogP contribution in [0.4, 0.5) is 0 Å². The number of hydrogen-bond acceptors (Lipinski definition) is 0. The first-order valence-electron chi connectivity index (χ1n) is 15.8. The van der Waals surface area contributed by atoms with Crippen molar-refractivity contribution in [3.8, 4) is 0 Å². The molecule has 0 aliphatic heterocycles. The van der Waals surface area contributed by atoms with Crippen molar-refractivity contribution in [3.63, 3.8) is 0 Å². The van der Waals surface area contributed by atoms with Crippen molar-refractivity contribution < 1.29 is 4.79 Å². The number of benzene rings is 2. The molecule has 0 heterocycles. The molecule has 0 aliphatic rings. The lowest BCUT2D eigenvalue weighted by atomic mass is 9.81. The largest absolute Gasteiger partial charge is 0.348 e. The Morgan fingerprint density at radius 2 is 1.18 bits per heavy atom. The van der Waals surface area contributed by atoms with Gasteiger partial charge in [-0.15, -0.1) is 4.79 Å². The molecule has 0 aliphatic carbocycles. The smallest absolute Gasteiger partial charge is 0.303 e. The van der Waals surface area contributed by atoms with Gasteiger partial charge in [0.2, 0.25) is 0 Å². The van der Waals surface area contributed by atoms with Crippen LogP contribution in [-0.4, -0.2) is 10.7 Å². The second kappa shape index (κ2) is 17.1. The van der Waals surface area contributed by atoms with Crippen LogP contribution in [0.1, 0.15) is 143 Å². The summed E-state index contributed by atoms with van der Waals surface area (Å²) in [6.07, 6.45) is 14.7. The first kappa shape index (κ1) is 32.6. The van der Waals surface area contributed by atoms with Crippen molar-refractivity contribution >= 4 is 11.4 Å². The molecular formula is C37H54N2. The molecule has 2 heteroatoms. The van der Waals surface area contributed by atoms with Crippen molar-refractivity contribution in [2.75, 3.05) is 0 Å². The zero-order valence-corrected chi connectivity index (χ0v) is 26.4. The number of nitrogens with zero attached hydrogens (tertiary/aromatic N) is 2. The highest BCUT2D eigenvalue weighted by atomic mass is 14.8. The van der Waals surface area contributed by atoms with Gasteiger partial charge in [-0.1, -0.05) is 84.6 Å². The van der Waals surface area contributed by atoms with Gasteiger partial charge in [0.05, 0.1) is 5.57 Å². The SMILES string of the molecule is CCCCC(=C=[N+]=[N-])C(CC)=C(c1cc(C)c(C)c(C)c1)c1cc(CCCC)c(CCCC)c(CCCC)c1. The molecule has 0 fully saturated rings. The Labute approximate surface area is 240 Å².